The Morgan fingerprint density at radius 3 is 2.83 bits per heavy atom. The average Bonchev–Trinajstić information content (AvgIpc) is 2.86. The molecular weight excluding hydrogens is 463 g/mol. The van der Waals surface area contributed by atoms with Crippen LogP contribution in [-0.4, -0.2) is 64.1 Å². The zero-order valence-corrected chi connectivity index (χ0v) is 19.0. The lowest BCUT2D eigenvalue weighted by Gasteiger charge is -2.41. The van der Waals surface area contributed by atoms with Crippen LogP contribution in [0.2, 0.25) is 0 Å². The van der Waals surface area contributed by atoms with Gasteiger partial charge < -0.3 is 20.5 Å². The third-order valence-electron chi connectivity index (χ3n) is 6.07. The SMILES string of the molecule is C[C@@H](C(=O)Nc1ccc(Oc2ccc(F)cn2)cn1)N1CCC(F)(F)[C@@H](C2=CNCC(CO)=C2)C1. The van der Waals surface area contributed by atoms with Gasteiger partial charge in [0.05, 0.1) is 31.0 Å². The number of nitrogens with one attached hydrogen (secondary N) is 2. The maximum Gasteiger partial charge on any atom is 0.257 e. The molecular formula is C24H26F3N5O3. The van der Waals surface area contributed by atoms with E-state index in [1.54, 1.807) is 30.2 Å². The van der Waals surface area contributed by atoms with Gasteiger partial charge in [0.2, 0.25) is 11.8 Å². The number of carbonyl (C=O) groups excluding carboxylic acids is 1. The van der Waals surface area contributed by atoms with E-state index in [1.807, 2.05) is 0 Å². The summed E-state index contributed by atoms with van der Waals surface area (Å²) in [6.45, 7) is 1.94. The van der Waals surface area contributed by atoms with E-state index in [0.717, 1.165) is 6.20 Å². The Kier molecular flexibility index (Phi) is 7.37. The van der Waals surface area contributed by atoms with Gasteiger partial charge in [0.25, 0.3) is 5.92 Å². The number of rotatable bonds is 7. The number of allylic oxidation sites excluding steroid dienone is 1. The molecule has 1 saturated heterocycles. The second kappa shape index (κ2) is 10.4. The highest BCUT2D eigenvalue weighted by Gasteiger charge is 2.47. The Morgan fingerprint density at radius 2 is 2.14 bits per heavy atom. The molecule has 4 rings (SSSR count). The molecule has 0 saturated carbocycles. The van der Waals surface area contributed by atoms with Crippen molar-refractivity contribution in [1.82, 2.24) is 20.2 Å². The molecule has 2 aromatic heterocycles. The first-order valence-corrected chi connectivity index (χ1v) is 11.2. The van der Waals surface area contributed by atoms with Gasteiger partial charge in [0.15, 0.2) is 0 Å². The van der Waals surface area contributed by atoms with Crippen LogP contribution in [0.4, 0.5) is 19.0 Å². The summed E-state index contributed by atoms with van der Waals surface area (Å²) in [5.41, 5.74) is 1.05. The topological polar surface area (TPSA) is 99.6 Å². The van der Waals surface area contributed by atoms with E-state index < -0.39 is 23.7 Å². The van der Waals surface area contributed by atoms with Crippen LogP contribution >= 0.6 is 0 Å². The molecule has 35 heavy (non-hydrogen) atoms. The summed E-state index contributed by atoms with van der Waals surface area (Å²) in [5, 5.41) is 15.0. The number of hydrogen-bond acceptors (Lipinski definition) is 7. The quantitative estimate of drug-likeness (QED) is 0.550. The van der Waals surface area contributed by atoms with Crippen molar-refractivity contribution in [3.05, 3.63) is 65.9 Å². The maximum atomic E-state index is 14.8. The van der Waals surface area contributed by atoms with Gasteiger partial charge in [0.1, 0.15) is 17.4 Å². The highest BCUT2D eigenvalue weighted by Crippen LogP contribution is 2.39. The number of aliphatic hydroxyl groups is 1. The number of alkyl halides is 2. The molecule has 1 fully saturated rings. The summed E-state index contributed by atoms with van der Waals surface area (Å²) in [5.74, 6) is -4.07. The molecule has 1 amide bonds. The van der Waals surface area contributed by atoms with Crippen LogP contribution in [0.15, 0.2) is 60.1 Å². The Bertz CT molecular complexity index is 1110. The number of dihydropyridines is 1. The standard InChI is InChI=1S/C24H26F3N5O3/c1-15(32-7-6-24(26,27)20(13-32)17-8-16(14-33)9-28-10-17)23(34)31-21-4-3-19(12-29-21)35-22-5-2-18(25)11-30-22/h2-5,8,10-12,15,20,28,33H,6-7,9,13-14H2,1H3,(H,29,31,34)/t15-,20+/m0/s1. The monoisotopic (exact) mass is 489 g/mol. The Balaban J connectivity index is 1.37. The molecule has 0 aromatic carbocycles. The maximum absolute atomic E-state index is 14.8. The lowest BCUT2D eigenvalue weighted by molar-refractivity contribution is -0.128. The van der Waals surface area contributed by atoms with Crippen molar-refractivity contribution in [2.45, 2.75) is 25.3 Å². The minimum Gasteiger partial charge on any atom is -0.437 e. The Labute approximate surface area is 200 Å². The fourth-order valence-corrected chi connectivity index (χ4v) is 4.01. The van der Waals surface area contributed by atoms with E-state index in [0.29, 0.717) is 23.4 Å². The lowest BCUT2D eigenvalue weighted by Crippen LogP contribution is -2.53. The van der Waals surface area contributed by atoms with Crippen molar-refractivity contribution in [1.29, 1.82) is 0 Å². The predicted octanol–water partition coefficient (Wildman–Crippen LogP) is 3.10. The molecule has 0 aliphatic carbocycles. The molecule has 11 heteroatoms. The molecule has 3 N–H and O–H groups in total. The summed E-state index contributed by atoms with van der Waals surface area (Å²) in [6.07, 6.45) is 5.20. The van der Waals surface area contributed by atoms with E-state index in [-0.39, 0.29) is 43.7 Å². The van der Waals surface area contributed by atoms with Crippen molar-refractivity contribution in [2.24, 2.45) is 5.92 Å². The van der Waals surface area contributed by atoms with E-state index in [2.05, 4.69) is 20.6 Å². The Morgan fingerprint density at radius 1 is 1.31 bits per heavy atom. The van der Waals surface area contributed by atoms with E-state index in [9.17, 15) is 23.1 Å². The van der Waals surface area contributed by atoms with Gasteiger partial charge in [-0.25, -0.2) is 23.1 Å². The van der Waals surface area contributed by atoms with E-state index >= 15 is 0 Å². The number of halogens is 3. The molecule has 0 radical (unpaired) electrons. The number of amides is 1. The van der Waals surface area contributed by atoms with Gasteiger partial charge >= 0.3 is 0 Å². The normalized spacial score (nSPS) is 20.8. The van der Waals surface area contributed by atoms with Gasteiger partial charge in [-0.2, -0.15) is 0 Å². The number of piperidine rings is 1. The fraction of sp³-hybridized carbons (Fsp3) is 0.375. The second-order valence-electron chi connectivity index (χ2n) is 8.51. The zero-order chi connectivity index (χ0) is 25.0. The highest BCUT2D eigenvalue weighted by molar-refractivity contribution is 5.93. The van der Waals surface area contributed by atoms with E-state index in [1.165, 1.54) is 24.4 Å². The van der Waals surface area contributed by atoms with Crippen molar-refractivity contribution < 1.29 is 27.8 Å². The number of pyridine rings is 2. The molecule has 0 bridgehead atoms. The smallest absolute Gasteiger partial charge is 0.257 e. The Hall–Kier alpha value is -3.44. The number of carbonyl (C=O) groups is 1. The first kappa shape index (κ1) is 24.7. The molecule has 2 atom stereocenters. The van der Waals surface area contributed by atoms with Gasteiger partial charge in [-0.1, -0.05) is 6.08 Å². The number of aliphatic hydroxyl groups excluding tert-OH is 1. The van der Waals surface area contributed by atoms with Crippen LogP contribution in [0.5, 0.6) is 11.6 Å². The number of aromatic nitrogens is 2. The number of anilines is 1. The number of hydrogen-bond donors (Lipinski definition) is 3. The van der Waals surface area contributed by atoms with Crippen LogP contribution in [0, 0.1) is 11.7 Å². The van der Waals surface area contributed by atoms with Crippen molar-refractivity contribution >= 4 is 11.7 Å². The van der Waals surface area contributed by atoms with Gasteiger partial charge in [-0.3, -0.25) is 9.69 Å². The summed E-state index contributed by atoms with van der Waals surface area (Å²) in [6, 6.07) is 5.03. The minimum absolute atomic E-state index is 0.00478. The highest BCUT2D eigenvalue weighted by atomic mass is 19.3. The lowest BCUT2D eigenvalue weighted by atomic mass is 9.84. The largest absolute Gasteiger partial charge is 0.437 e. The first-order valence-electron chi connectivity index (χ1n) is 11.2. The molecule has 0 spiro atoms. The summed E-state index contributed by atoms with van der Waals surface area (Å²) < 4.78 is 47.9. The average molecular weight is 489 g/mol. The van der Waals surface area contributed by atoms with Gasteiger partial charge in [0, 0.05) is 38.3 Å². The predicted molar refractivity (Wildman–Crippen MR) is 122 cm³/mol. The third kappa shape index (κ3) is 5.98. The molecule has 2 aromatic rings. The molecule has 2 aliphatic rings. The zero-order valence-electron chi connectivity index (χ0n) is 19.0. The van der Waals surface area contributed by atoms with Crippen molar-refractivity contribution in [3.8, 4) is 11.6 Å². The van der Waals surface area contributed by atoms with Gasteiger partial charge in [-0.05, 0) is 36.3 Å². The number of ether oxygens (including phenoxy) is 1. The van der Waals surface area contributed by atoms with Crippen LogP contribution in [0.3, 0.4) is 0 Å². The molecule has 4 heterocycles. The van der Waals surface area contributed by atoms with Crippen molar-refractivity contribution in [2.75, 3.05) is 31.6 Å². The van der Waals surface area contributed by atoms with Crippen LogP contribution in [-0.2, 0) is 4.79 Å². The van der Waals surface area contributed by atoms with Crippen LogP contribution < -0.4 is 15.4 Å². The van der Waals surface area contributed by atoms with Crippen LogP contribution in [0.25, 0.3) is 0 Å². The minimum atomic E-state index is -2.93. The first-order chi connectivity index (χ1) is 16.7. The molecule has 8 nitrogen and oxygen atoms in total. The second-order valence-corrected chi connectivity index (χ2v) is 8.51. The summed E-state index contributed by atoms with van der Waals surface area (Å²) >= 11 is 0. The molecule has 186 valence electrons. The van der Waals surface area contributed by atoms with Crippen molar-refractivity contribution in [3.63, 3.8) is 0 Å². The van der Waals surface area contributed by atoms with Crippen LogP contribution in [0.1, 0.15) is 13.3 Å². The molecule has 2 aliphatic heterocycles. The van der Waals surface area contributed by atoms with Gasteiger partial charge in [-0.15, -0.1) is 0 Å². The third-order valence-corrected chi connectivity index (χ3v) is 6.07. The number of nitrogens with zero attached hydrogens (tertiary/aromatic N) is 3. The van der Waals surface area contributed by atoms with E-state index in [4.69, 9.17) is 4.74 Å². The summed E-state index contributed by atoms with van der Waals surface area (Å²) in [7, 11) is 0. The summed E-state index contributed by atoms with van der Waals surface area (Å²) in [4.78, 5) is 22.5. The number of likely N-dealkylation sites (tertiary alicyclic amines) is 1. The molecule has 0 unspecified atom stereocenters. The fourth-order valence-electron chi connectivity index (χ4n) is 4.01.